The Kier molecular flexibility index (Phi) is 3.19. The Balaban J connectivity index is 3.03. The van der Waals surface area contributed by atoms with Gasteiger partial charge in [0, 0.05) is 12.1 Å². The summed E-state index contributed by atoms with van der Waals surface area (Å²) >= 11 is 0. The summed E-state index contributed by atoms with van der Waals surface area (Å²) in [5.74, 6) is 1.41. The first-order valence-electron chi connectivity index (χ1n) is 4.09. The van der Waals surface area contributed by atoms with E-state index in [-0.39, 0.29) is 0 Å². The molecule has 5 nitrogen and oxygen atoms in total. The van der Waals surface area contributed by atoms with E-state index in [1.54, 1.807) is 0 Å². The normalized spacial score (nSPS) is 10.6. The van der Waals surface area contributed by atoms with Gasteiger partial charge < -0.3 is 11.1 Å². The molecule has 3 N–H and O–H groups in total. The van der Waals surface area contributed by atoms with E-state index >= 15 is 0 Å². The van der Waals surface area contributed by atoms with Gasteiger partial charge in [0.1, 0.15) is 12.1 Å². The molecule has 0 bridgehead atoms. The molecule has 70 valence electrons. The van der Waals surface area contributed by atoms with Crippen LogP contribution in [0.15, 0.2) is 11.3 Å². The molecule has 0 fully saturated rings. The Bertz CT molecular complexity index is 307. The number of hydrogen-bond acceptors (Lipinski definition) is 4. The Morgan fingerprint density at radius 1 is 1.62 bits per heavy atom. The summed E-state index contributed by atoms with van der Waals surface area (Å²) < 4.78 is 0. The van der Waals surface area contributed by atoms with Crippen LogP contribution in [0.2, 0.25) is 0 Å². The van der Waals surface area contributed by atoms with Crippen molar-refractivity contribution in [2.45, 2.75) is 13.8 Å². The van der Waals surface area contributed by atoms with E-state index in [0.29, 0.717) is 5.82 Å². The molecule has 0 aliphatic heterocycles. The molecular weight excluding hydrogens is 166 g/mol. The van der Waals surface area contributed by atoms with Crippen molar-refractivity contribution in [2.24, 2.45) is 10.7 Å². The van der Waals surface area contributed by atoms with Gasteiger partial charge in [-0.3, -0.25) is 0 Å². The Morgan fingerprint density at radius 2 is 2.38 bits per heavy atom. The van der Waals surface area contributed by atoms with Gasteiger partial charge in [0.05, 0.1) is 6.34 Å². The van der Waals surface area contributed by atoms with Gasteiger partial charge in [0.2, 0.25) is 0 Å². The van der Waals surface area contributed by atoms with Crippen LogP contribution < -0.4 is 11.1 Å². The molecule has 0 atom stereocenters. The fourth-order valence-corrected chi connectivity index (χ4v) is 0.987. The molecular formula is C8H13N5. The Labute approximate surface area is 77.1 Å². The number of anilines is 1. The van der Waals surface area contributed by atoms with Gasteiger partial charge in [0.25, 0.3) is 0 Å². The van der Waals surface area contributed by atoms with Crippen molar-refractivity contribution in [1.29, 1.82) is 0 Å². The largest absolute Gasteiger partial charge is 0.390 e. The van der Waals surface area contributed by atoms with E-state index < -0.39 is 0 Å². The van der Waals surface area contributed by atoms with Crippen LogP contribution in [-0.2, 0) is 0 Å². The van der Waals surface area contributed by atoms with E-state index in [2.05, 4.69) is 20.3 Å². The highest BCUT2D eigenvalue weighted by Gasteiger charge is 2.03. The highest BCUT2D eigenvalue weighted by molar-refractivity contribution is 5.62. The van der Waals surface area contributed by atoms with Crippen LogP contribution in [0.25, 0.3) is 0 Å². The molecule has 13 heavy (non-hydrogen) atoms. The zero-order valence-electron chi connectivity index (χ0n) is 7.78. The molecule has 1 aromatic heterocycles. The minimum Gasteiger partial charge on any atom is -0.390 e. The van der Waals surface area contributed by atoms with Crippen LogP contribution in [0.1, 0.15) is 12.5 Å². The maximum absolute atomic E-state index is 5.18. The van der Waals surface area contributed by atoms with Gasteiger partial charge in [-0.15, -0.1) is 0 Å². The highest BCUT2D eigenvalue weighted by atomic mass is 15.0. The van der Waals surface area contributed by atoms with Crippen LogP contribution in [0, 0.1) is 6.92 Å². The lowest BCUT2D eigenvalue weighted by Crippen LogP contribution is -2.02. The SMILES string of the molecule is CCNc1ncnc(N=CN)c1C. The predicted molar refractivity (Wildman–Crippen MR) is 53.3 cm³/mol. The standard InChI is InChI=1S/C8H13N5/c1-3-10-7-6(2)8(11-4-9)13-5-12-7/h4-5H,3H2,1-2H3,(H3,9,10,11,12,13). The molecule has 0 aromatic carbocycles. The molecule has 0 aliphatic rings. The van der Waals surface area contributed by atoms with E-state index in [9.17, 15) is 0 Å². The third-order valence-corrected chi connectivity index (χ3v) is 1.60. The minimum absolute atomic E-state index is 0.605. The van der Waals surface area contributed by atoms with Gasteiger partial charge in [-0.05, 0) is 13.8 Å². The first-order chi connectivity index (χ1) is 6.29. The summed E-state index contributed by atoms with van der Waals surface area (Å²) in [6.45, 7) is 4.73. The minimum atomic E-state index is 0.605. The molecule has 5 heteroatoms. The number of hydrogen-bond donors (Lipinski definition) is 2. The Hall–Kier alpha value is -1.65. The molecule has 0 aliphatic carbocycles. The van der Waals surface area contributed by atoms with Crippen LogP contribution in [-0.4, -0.2) is 22.9 Å². The lowest BCUT2D eigenvalue weighted by molar-refractivity contribution is 1.08. The van der Waals surface area contributed by atoms with Crippen LogP contribution in [0.3, 0.4) is 0 Å². The third kappa shape index (κ3) is 2.14. The molecule has 1 heterocycles. The summed E-state index contributed by atoms with van der Waals surface area (Å²) in [6.07, 6.45) is 2.69. The summed E-state index contributed by atoms with van der Waals surface area (Å²) in [6, 6.07) is 0. The second kappa shape index (κ2) is 4.39. The number of aromatic nitrogens is 2. The maximum atomic E-state index is 5.18. The second-order valence-electron chi connectivity index (χ2n) is 2.48. The lowest BCUT2D eigenvalue weighted by atomic mass is 10.3. The van der Waals surface area contributed by atoms with Crippen LogP contribution in [0.4, 0.5) is 11.6 Å². The first-order valence-corrected chi connectivity index (χ1v) is 4.09. The van der Waals surface area contributed by atoms with Gasteiger partial charge >= 0.3 is 0 Å². The highest BCUT2D eigenvalue weighted by Crippen LogP contribution is 2.19. The molecule has 0 saturated carbocycles. The van der Waals surface area contributed by atoms with Crippen molar-refractivity contribution < 1.29 is 0 Å². The number of rotatable bonds is 3. The predicted octanol–water partition coefficient (Wildman–Crippen LogP) is 0.835. The van der Waals surface area contributed by atoms with Gasteiger partial charge in [-0.25, -0.2) is 15.0 Å². The van der Waals surface area contributed by atoms with Crippen molar-refractivity contribution in [1.82, 2.24) is 9.97 Å². The third-order valence-electron chi connectivity index (χ3n) is 1.60. The Morgan fingerprint density at radius 3 is 3.00 bits per heavy atom. The van der Waals surface area contributed by atoms with E-state index in [1.165, 1.54) is 12.7 Å². The van der Waals surface area contributed by atoms with E-state index in [4.69, 9.17) is 5.73 Å². The van der Waals surface area contributed by atoms with Crippen molar-refractivity contribution in [2.75, 3.05) is 11.9 Å². The van der Waals surface area contributed by atoms with Gasteiger partial charge in [-0.2, -0.15) is 0 Å². The number of nitrogens with one attached hydrogen (secondary N) is 1. The molecule has 0 amide bonds. The average molecular weight is 179 g/mol. The quantitative estimate of drug-likeness (QED) is 0.532. The van der Waals surface area contributed by atoms with Crippen molar-refractivity contribution in [3.8, 4) is 0 Å². The fourth-order valence-electron chi connectivity index (χ4n) is 0.987. The smallest absolute Gasteiger partial charge is 0.161 e. The van der Waals surface area contributed by atoms with Gasteiger partial charge in [0.15, 0.2) is 5.82 Å². The van der Waals surface area contributed by atoms with E-state index in [0.717, 1.165) is 17.9 Å². The monoisotopic (exact) mass is 179 g/mol. The number of nitrogens with two attached hydrogens (primary N) is 1. The van der Waals surface area contributed by atoms with Crippen molar-refractivity contribution in [3.05, 3.63) is 11.9 Å². The summed E-state index contributed by atoms with van der Waals surface area (Å²) in [5.41, 5.74) is 6.09. The first kappa shape index (κ1) is 9.44. The van der Waals surface area contributed by atoms with Crippen LogP contribution in [0.5, 0.6) is 0 Å². The number of nitrogens with zero attached hydrogens (tertiary/aromatic N) is 3. The topological polar surface area (TPSA) is 76.2 Å². The summed E-state index contributed by atoms with van der Waals surface area (Å²) in [4.78, 5) is 12.0. The molecule has 1 aromatic rings. The van der Waals surface area contributed by atoms with Crippen molar-refractivity contribution >= 4 is 18.0 Å². The van der Waals surface area contributed by atoms with Crippen LogP contribution >= 0.6 is 0 Å². The maximum Gasteiger partial charge on any atom is 0.161 e. The zero-order chi connectivity index (χ0) is 9.68. The lowest BCUT2D eigenvalue weighted by Gasteiger charge is -2.06. The zero-order valence-corrected chi connectivity index (χ0v) is 7.78. The molecule has 1 rings (SSSR count). The van der Waals surface area contributed by atoms with E-state index in [1.807, 2.05) is 13.8 Å². The second-order valence-corrected chi connectivity index (χ2v) is 2.48. The van der Waals surface area contributed by atoms with Gasteiger partial charge in [-0.1, -0.05) is 0 Å². The molecule has 0 unspecified atom stereocenters. The molecule has 0 saturated heterocycles. The summed E-state index contributed by atoms with van der Waals surface area (Å²) in [7, 11) is 0. The fraction of sp³-hybridized carbons (Fsp3) is 0.375. The molecule has 0 radical (unpaired) electrons. The summed E-state index contributed by atoms with van der Waals surface area (Å²) in [5, 5.41) is 3.11. The van der Waals surface area contributed by atoms with Crippen molar-refractivity contribution in [3.63, 3.8) is 0 Å². The molecule has 0 spiro atoms. The number of aliphatic imine (C=N–C) groups is 1. The average Bonchev–Trinajstić information content (AvgIpc) is 2.13.